The van der Waals surface area contributed by atoms with Crippen molar-refractivity contribution >= 4 is 5.91 Å². The summed E-state index contributed by atoms with van der Waals surface area (Å²) in [5, 5.41) is 7.43. The number of amides is 1. The minimum atomic E-state index is -0.381. The smallest absolute Gasteiger partial charge is 0.270 e. The Labute approximate surface area is 164 Å². The van der Waals surface area contributed by atoms with Gasteiger partial charge in [0.15, 0.2) is 0 Å². The average molecular weight is 381 g/mol. The van der Waals surface area contributed by atoms with Gasteiger partial charge in [-0.25, -0.2) is 9.07 Å². The third kappa shape index (κ3) is 4.39. The van der Waals surface area contributed by atoms with E-state index < -0.39 is 0 Å². The van der Waals surface area contributed by atoms with Crippen LogP contribution < -0.4 is 10.1 Å². The first kappa shape index (κ1) is 19.6. The van der Waals surface area contributed by atoms with Gasteiger partial charge in [0, 0.05) is 12.1 Å². The zero-order valence-electron chi connectivity index (χ0n) is 16.3. The second-order valence-corrected chi connectivity index (χ2v) is 6.94. The third-order valence-electron chi connectivity index (χ3n) is 4.42. The molecule has 2 aromatic carbocycles. The summed E-state index contributed by atoms with van der Waals surface area (Å²) in [6.07, 6.45) is 0.878. The molecule has 0 radical (unpaired) electrons. The molecule has 3 aromatic rings. The monoisotopic (exact) mass is 381 g/mol. The number of methoxy groups -OCH3 is 1. The topological polar surface area (TPSA) is 56.2 Å². The van der Waals surface area contributed by atoms with Gasteiger partial charge in [-0.05, 0) is 54.8 Å². The molecule has 0 saturated carbocycles. The van der Waals surface area contributed by atoms with Crippen molar-refractivity contribution in [2.24, 2.45) is 5.92 Å². The predicted octanol–water partition coefficient (Wildman–Crippen LogP) is 4.46. The summed E-state index contributed by atoms with van der Waals surface area (Å²) in [4.78, 5) is 12.8. The molecule has 0 atom stereocenters. The Bertz CT molecular complexity index is 949. The van der Waals surface area contributed by atoms with Crippen LogP contribution in [0.2, 0.25) is 0 Å². The van der Waals surface area contributed by atoms with Crippen molar-refractivity contribution in [2.75, 3.05) is 13.7 Å². The van der Waals surface area contributed by atoms with E-state index in [0.717, 1.165) is 6.42 Å². The Kier molecular flexibility index (Phi) is 6.09. The quantitative estimate of drug-likeness (QED) is 0.657. The van der Waals surface area contributed by atoms with Gasteiger partial charge in [-0.15, -0.1) is 0 Å². The van der Waals surface area contributed by atoms with Crippen LogP contribution in [0.4, 0.5) is 4.39 Å². The predicted molar refractivity (Wildman–Crippen MR) is 107 cm³/mol. The van der Waals surface area contributed by atoms with Gasteiger partial charge in [0.25, 0.3) is 5.91 Å². The van der Waals surface area contributed by atoms with E-state index >= 15 is 0 Å². The van der Waals surface area contributed by atoms with Crippen molar-refractivity contribution < 1.29 is 13.9 Å². The number of carbonyl (C=O) groups is 1. The molecule has 0 aliphatic carbocycles. The minimum Gasteiger partial charge on any atom is -0.497 e. The molecule has 146 valence electrons. The lowest BCUT2D eigenvalue weighted by molar-refractivity contribution is 0.0944. The number of aromatic nitrogens is 2. The molecule has 5 nitrogen and oxygen atoms in total. The van der Waals surface area contributed by atoms with Gasteiger partial charge >= 0.3 is 0 Å². The van der Waals surface area contributed by atoms with Crippen LogP contribution in [0.15, 0.2) is 54.6 Å². The van der Waals surface area contributed by atoms with Crippen LogP contribution in [-0.2, 0) is 0 Å². The maximum atomic E-state index is 14.2. The molecule has 1 aromatic heterocycles. The fourth-order valence-electron chi connectivity index (χ4n) is 2.83. The number of benzene rings is 2. The summed E-state index contributed by atoms with van der Waals surface area (Å²) in [5.41, 5.74) is 1.80. The van der Waals surface area contributed by atoms with Crippen LogP contribution in [-0.4, -0.2) is 29.3 Å². The van der Waals surface area contributed by atoms with E-state index in [1.54, 1.807) is 43.5 Å². The zero-order valence-corrected chi connectivity index (χ0v) is 16.3. The summed E-state index contributed by atoms with van der Waals surface area (Å²) in [6.45, 7) is 4.77. The van der Waals surface area contributed by atoms with Crippen molar-refractivity contribution in [3.63, 3.8) is 0 Å². The van der Waals surface area contributed by atoms with E-state index in [1.807, 2.05) is 12.1 Å². The van der Waals surface area contributed by atoms with Crippen LogP contribution >= 0.6 is 0 Å². The molecule has 0 aliphatic heterocycles. The molecule has 1 heterocycles. The Morgan fingerprint density at radius 3 is 2.54 bits per heavy atom. The molecule has 3 rings (SSSR count). The van der Waals surface area contributed by atoms with Gasteiger partial charge in [0.05, 0.1) is 18.5 Å². The summed E-state index contributed by atoms with van der Waals surface area (Å²) in [6, 6.07) is 15.2. The Balaban J connectivity index is 2.00. The number of ether oxygens (including phenoxy) is 1. The largest absolute Gasteiger partial charge is 0.497 e. The van der Waals surface area contributed by atoms with E-state index in [4.69, 9.17) is 4.74 Å². The first-order valence-electron chi connectivity index (χ1n) is 9.27. The highest BCUT2D eigenvalue weighted by Crippen LogP contribution is 2.25. The number of hydrogen-bond donors (Lipinski definition) is 1. The number of rotatable bonds is 7. The molecule has 0 saturated heterocycles. The lowest BCUT2D eigenvalue weighted by atomic mass is 10.1. The van der Waals surface area contributed by atoms with Crippen molar-refractivity contribution in [3.05, 3.63) is 66.1 Å². The van der Waals surface area contributed by atoms with Crippen LogP contribution in [0, 0.1) is 11.7 Å². The van der Waals surface area contributed by atoms with Crippen LogP contribution in [0.25, 0.3) is 16.9 Å². The standard InChI is InChI=1S/C22H24FN3O2/c1-15(2)12-13-24-22(27)21-14-20(18-6-4-5-7-19(18)23)25-26(21)16-8-10-17(28-3)11-9-16/h4-11,14-15H,12-13H2,1-3H3,(H,24,27). The fraction of sp³-hybridized carbons (Fsp3) is 0.273. The Morgan fingerprint density at radius 1 is 1.18 bits per heavy atom. The highest BCUT2D eigenvalue weighted by atomic mass is 19.1. The van der Waals surface area contributed by atoms with Crippen molar-refractivity contribution in [1.82, 2.24) is 15.1 Å². The number of carbonyl (C=O) groups excluding carboxylic acids is 1. The van der Waals surface area contributed by atoms with E-state index in [0.29, 0.717) is 40.9 Å². The number of hydrogen-bond acceptors (Lipinski definition) is 3. The normalized spacial score (nSPS) is 10.9. The molecule has 6 heteroatoms. The molecule has 0 unspecified atom stereocenters. The maximum Gasteiger partial charge on any atom is 0.270 e. The number of nitrogens with zero attached hydrogens (tertiary/aromatic N) is 2. The van der Waals surface area contributed by atoms with Crippen LogP contribution in [0.1, 0.15) is 30.8 Å². The zero-order chi connectivity index (χ0) is 20.1. The molecule has 0 fully saturated rings. The molecular formula is C22H24FN3O2. The lowest BCUT2D eigenvalue weighted by Gasteiger charge is -2.10. The molecule has 28 heavy (non-hydrogen) atoms. The van der Waals surface area contributed by atoms with E-state index in [9.17, 15) is 9.18 Å². The highest BCUT2D eigenvalue weighted by Gasteiger charge is 2.19. The minimum absolute atomic E-state index is 0.244. The van der Waals surface area contributed by atoms with Gasteiger partial charge in [0.2, 0.25) is 0 Å². The van der Waals surface area contributed by atoms with Crippen LogP contribution in [0.5, 0.6) is 5.75 Å². The second-order valence-electron chi connectivity index (χ2n) is 6.94. The fourth-order valence-corrected chi connectivity index (χ4v) is 2.83. The number of nitrogens with one attached hydrogen (secondary N) is 1. The molecule has 1 amide bonds. The SMILES string of the molecule is COc1ccc(-n2nc(-c3ccccc3F)cc2C(=O)NCCC(C)C)cc1. The van der Waals surface area contributed by atoms with E-state index in [1.165, 1.54) is 10.7 Å². The lowest BCUT2D eigenvalue weighted by Crippen LogP contribution is -2.27. The highest BCUT2D eigenvalue weighted by molar-refractivity contribution is 5.94. The van der Waals surface area contributed by atoms with Gasteiger partial charge in [-0.1, -0.05) is 26.0 Å². The molecule has 0 bridgehead atoms. The number of halogens is 1. The Hall–Kier alpha value is -3.15. The third-order valence-corrected chi connectivity index (χ3v) is 4.42. The summed E-state index contributed by atoms with van der Waals surface area (Å²) in [7, 11) is 1.59. The van der Waals surface area contributed by atoms with Crippen molar-refractivity contribution in [1.29, 1.82) is 0 Å². The van der Waals surface area contributed by atoms with Gasteiger partial charge < -0.3 is 10.1 Å². The first-order valence-corrected chi connectivity index (χ1v) is 9.27. The van der Waals surface area contributed by atoms with E-state index in [2.05, 4.69) is 24.3 Å². The van der Waals surface area contributed by atoms with Crippen molar-refractivity contribution in [3.8, 4) is 22.7 Å². The van der Waals surface area contributed by atoms with Crippen LogP contribution in [0.3, 0.4) is 0 Å². The molecular weight excluding hydrogens is 357 g/mol. The summed E-state index contributed by atoms with van der Waals surface area (Å²) in [5.74, 6) is 0.564. The summed E-state index contributed by atoms with van der Waals surface area (Å²) >= 11 is 0. The van der Waals surface area contributed by atoms with Gasteiger partial charge in [-0.2, -0.15) is 5.10 Å². The first-order chi connectivity index (χ1) is 13.5. The molecule has 1 N–H and O–H groups in total. The van der Waals surface area contributed by atoms with Gasteiger partial charge in [-0.3, -0.25) is 4.79 Å². The maximum absolute atomic E-state index is 14.2. The van der Waals surface area contributed by atoms with Crippen molar-refractivity contribution in [2.45, 2.75) is 20.3 Å². The van der Waals surface area contributed by atoms with E-state index in [-0.39, 0.29) is 11.7 Å². The molecule has 0 aliphatic rings. The molecule has 0 spiro atoms. The second kappa shape index (κ2) is 8.69. The average Bonchev–Trinajstić information content (AvgIpc) is 3.13. The Morgan fingerprint density at radius 2 is 1.89 bits per heavy atom. The van der Waals surface area contributed by atoms with Gasteiger partial charge in [0.1, 0.15) is 17.3 Å². The summed E-state index contributed by atoms with van der Waals surface area (Å²) < 4.78 is 21.0.